The van der Waals surface area contributed by atoms with Gasteiger partial charge in [-0.1, -0.05) is 17.7 Å². The summed E-state index contributed by atoms with van der Waals surface area (Å²) in [7, 11) is 0. The molecule has 2 heterocycles. The second kappa shape index (κ2) is 6.54. The van der Waals surface area contributed by atoms with Gasteiger partial charge in [-0.05, 0) is 50.6 Å². The molecule has 0 atom stereocenters. The number of rotatable bonds is 4. The van der Waals surface area contributed by atoms with Gasteiger partial charge in [0.1, 0.15) is 5.82 Å². The van der Waals surface area contributed by atoms with Crippen molar-refractivity contribution in [1.82, 2.24) is 19.3 Å². The first kappa shape index (κ1) is 17.3. The van der Waals surface area contributed by atoms with Crippen molar-refractivity contribution in [3.63, 3.8) is 0 Å². The highest BCUT2D eigenvalue weighted by Gasteiger charge is 2.17. The number of aromatic nitrogens is 4. The van der Waals surface area contributed by atoms with E-state index >= 15 is 0 Å². The van der Waals surface area contributed by atoms with Crippen molar-refractivity contribution in [2.24, 2.45) is 0 Å². The SMILES string of the molecule is CCn1c(=O)n(CC)c2cc(-c3cn[nH]c3-c3cc(C)ccc3F)ccc21. The molecular formula is C21H21FN4O. The fraction of sp³-hybridized carbons (Fsp3) is 0.238. The van der Waals surface area contributed by atoms with E-state index in [1.54, 1.807) is 27.5 Å². The van der Waals surface area contributed by atoms with E-state index in [2.05, 4.69) is 10.2 Å². The van der Waals surface area contributed by atoms with Crippen LogP contribution in [0.1, 0.15) is 19.4 Å². The third-order valence-corrected chi connectivity index (χ3v) is 4.99. The highest BCUT2D eigenvalue weighted by Crippen LogP contribution is 2.33. The predicted molar refractivity (Wildman–Crippen MR) is 105 cm³/mol. The molecule has 0 amide bonds. The fourth-order valence-electron chi connectivity index (χ4n) is 3.64. The van der Waals surface area contributed by atoms with Crippen LogP contribution < -0.4 is 5.69 Å². The molecule has 0 fully saturated rings. The van der Waals surface area contributed by atoms with Gasteiger partial charge in [0.05, 0.1) is 22.9 Å². The average Bonchev–Trinajstić information content (AvgIpc) is 3.24. The topological polar surface area (TPSA) is 55.6 Å². The molecule has 6 heteroatoms. The third-order valence-electron chi connectivity index (χ3n) is 4.99. The van der Waals surface area contributed by atoms with E-state index in [4.69, 9.17) is 0 Å². The minimum Gasteiger partial charge on any atom is -0.292 e. The lowest BCUT2D eigenvalue weighted by molar-refractivity contribution is 0.630. The lowest BCUT2D eigenvalue weighted by Crippen LogP contribution is -2.22. The number of hydrogen-bond donors (Lipinski definition) is 1. The molecule has 0 radical (unpaired) electrons. The number of aryl methyl sites for hydroxylation is 3. The van der Waals surface area contributed by atoms with Crippen LogP contribution in [0.5, 0.6) is 0 Å². The number of hydrogen-bond acceptors (Lipinski definition) is 2. The number of aromatic amines is 1. The average molecular weight is 364 g/mol. The van der Waals surface area contributed by atoms with Crippen molar-refractivity contribution >= 4 is 11.0 Å². The van der Waals surface area contributed by atoms with Gasteiger partial charge in [-0.15, -0.1) is 0 Å². The molecule has 2 aromatic carbocycles. The Kier molecular flexibility index (Phi) is 4.18. The van der Waals surface area contributed by atoms with E-state index in [0.29, 0.717) is 24.3 Å². The monoisotopic (exact) mass is 364 g/mol. The van der Waals surface area contributed by atoms with Crippen LogP contribution in [0.25, 0.3) is 33.4 Å². The second-order valence-electron chi connectivity index (χ2n) is 6.62. The van der Waals surface area contributed by atoms with Crippen LogP contribution in [-0.4, -0.2) is 19.3 Å². The Morgan fingerprint density at radius 1 is 1.00 bits per heavy atom. The van der Waals surface area contributed by atoms with Crippen LogP contribution in [0.3, 0.4) is 0 Å². The first-order valence-electron chi connectivity index (χ1n) is 9.08. The summed E-state index contributed by atoms with van der Waals surface area (Å²) in [4.78, 5) is 12.6. The first-order chi connectivity index (χ1) is 13.0. The second-order valence-corrected chi connectivity index (χ2v) is 6.62. The van der Waals surface area contributed by atoms with Gasteiger partial charge >= 0.3 is 5.69 Å². The first-order valence-corrected chi connectivity index (χ1v) is 9.08. The van der Waals surface area contributed by atoms with E-state index in [0.717, 1.165) is 27.7 Å². The van der Waals surface area contributed by atoms with Gasteiger partial charge in [-0.3, -0.25) is 14.2 Å². The molecule has 138 valence electrons. The number of nitrogens with one attached hydrogen (secondary N) is 1. The molecule has 0 saturated heterocycles. The predicted octanol–water partition coefficient (Wildman–Crippen LogP) is 4.35. The maximum absolute atomic E-state index is 14.4. The van der Waals surface area contributed by atoms with E-state index < -0.39 is 0 Å². The number of fused-ring (bicyclic) bond motifs is 1. The summed E-state index contributed by atoms with van der Waals surface area (Å²) in [6.07, 6.45) is 1.70. The molecule has 0 bridgehead atoms. The Balaban J connectivity index is 1.94. The highest BCUT2D eigenvalue weighted by molar-refractivity contribution is 5.87. The normalized spacial score (nSPS) is 11.4. The molecule has 27 heavy (non-hydrogen) atoms. The zero-order chi connectivity index (χ0) is 19.1. The van der Waals surface area contributed by atoms with Crippen LogP contribution in [0.2, 0.25) is 0 Å². The maximum atomic E-state index is 14.4. The van der Waals surface area contributed by atoms with Crippen molar-refractivity contribution in [2.45, 2.75) is 33.9 Å². The quantitative estimate of drug-likeness (QED) is 0.585. The summed E-state index contributed by atoms with van der Waals surface area (Å²) in [5.41, 5.74) is 5.56. The molecule has 2 aromatic heterocycles. The smallest absolute Gasteiger partial charge is 0.292 e. The number of halogens is 1. The zero-order valence-electron chi connectivity index (χ0n) is 15.6. The Bertz CT molecular complexity index is 1200. The van der Waals surface area contributed by atoms with E-state index in [1.807, 2.05) is 39.0 Å². The van der Waals surface area contributed by atoms with Gasteiger partial charge in [-0.2, -0.15) is 5.10 Å². The Hall–Kier alpha value is -3.15. The van der Waals surface area contributed by atoms with Gasteiger partial charge in [0.15, 0.2) is 0 Å². The van der Waals surface area contributed by atoms with Crippen LogP contribution >= 0.6 is 0 Å². The lowest BCUT2D eigenvalue weighted by atomic mass is 10.00. The molecule has 0 aliphatic carbocycles. The third kappa shape index (κ3) is 2.68. The van der Waals surface area contributed by atoms with Crippen molar-refractivity contribution < 1.29 is 4.39 Å². The standard InChI is InChI=1S/C21H21FN4O/c1-4-25-18-9-7-14(11-19(18)26(5-2)21(25)27)16-12-23-24-20(16)15-10-13(3)6-8-17(15)22/h6-12H,4-5H2,1-3H3,(H,23,24). The number of nitrogens with zero attached hydrogens (tertiary/aromatic N) is 3. The molecule has 1 N–H and O–H groups in total. The number of imidazole rings is 1. The molecule has 4 aromatic rings. The van der Waals surface area contributed by atoms with Crippen LogP contribution in [-0.2, 0) is 13.1 Å². The molecular weight excluding hydrogens is 343 g/mol. The van der Waals surface area contributed by atoms with Crippen molar-refractivity contribution in [3.05, 3.63) is 64.5 Å². The van der Waals surface area contributed by atoms with Crippen LogP contribution in [0, 0.1) is 12.7 Å². The number of benzene rings is 2. The Morgan fingerprint density at radius 2 is 1.74 bits per heavy atom. The van der Waals surface area contributed by atoms with Crippen molar-refractivity contribution in [2.75, 3.05) is 0 Å². The summed E-state index contributed by atoms with van der Waals surface area (Å²) in [5.74, 6) is -0.296. The van der Waals surface area contributed by atoms with Gasteiger partial charge in [-0.25, -0.2) is 9.18 Å². The highest BCUT2D eigenvalue weighted by atomic mass is 19.1. The van der Waals surface area contributed by atoms with E-state index in [-0.39, 0.29) is 11.5 Å². The van der Waals surface area contributed by atoms with Gasteiger partial charge in [0.2, 0.25) is 0 Å². The van der Waals surface area contributed by atoms with Crippen molar-refractivity contribution in [3.8, 4) is 22.4 Å². The van der Waals surface area contributed by atoms with E-state index in [9.17, 15) is 9.18 Å². The summed E-state index contributed by atoms with van der Waals surface area (Å²) in [6.45, 7) is 7.06. The molecule has 0 saturated carbocycles. The van der Waals surface area contributed by atoms with Gasteiger partial charge in [0.25, 0.3) is 0 Å². The summed E-state index contributed by atoms with van der Waals surface area (Å²) in [5, 5.41) is 7.07. The zero-order valence-corrected chi connectivity index (χ0v) is 15.6. The maximum Gasteiger partial charge on any atom is 0.329 e. The Labute approximate surface area is 156 Å². The minimum atomic E-state index is -0.296. The molecule has 0 aliphatic rings. The molecule has 0 aliphatic heterocycles. The molecule has 5 nitrogen and oxygen atoms in total. The minimum absolute atomic E-state index is 0.00991. The van der Waals surface area contributed by atoms with Crippen LogP contribution in [0.4, 0.5) is 4.39 Å². The van der Waals surface area contributed by atoms with Gasteiger partial charge in [0, 0.05) is 24.2 Å². The summed E-state index contributed by atoms with van der Waals surface area (Å²) in [6, 6.07) is 10.9. The largest absolute Gasteiger partial charge is 0.329 e. The van der Waals surface area contributed by atoms with E-state index in [1.165, 1.54) is 6.07 Å². The molecule has 0 unspecified atom stereocenters. The molecule has 4 rings (SSSR count). The van der Waals surface area contributed by atoms with Gasteiger partial charge < -0.3 is 0 Å². The van der Waals surface area contributed by atoms with Crippen LogP contribution in [0.15, 0.2) is 47.4 Å². The summed E-state index contributed by atoms with van der Waals surface area (Å²) >= 11 is 0. The van der Waals surface area contributed by atoms with Crippen molar-refractivity contribution in [1.29, 1.82) is 0 Å². The fourth-order valence-corrected chi connectivity index (χ4v) is 3.64. The number of H-pyrrole nitrogens is 1. The summed E-state index contributed by atoms with van der Waals surface area (Å²) < 4.78 is 17.9. The molecule has 0 spiro atoms. The lowest BCUT2D eigenvalue weighted by Gasteiger charge is -2.07. The Morgan fingerprint density at radius 3 is 2.48 bits per heavy atom.